The van der Waals surface area contributed by atoms with Gasteiger partial charge in [0.15, 0.2) is 0 Å². The Labute approximate surface area is 175 Å². The third kappa shape index (κ3) is 4.42. The van der Waals surface area contributed by atoms with E-state index in [0.717, 1.165) is 25.5 Å². The summed E-state index contributed by atoms with van der Waals surface area (Å²) in [5, 5.41) is 0. The number of imidazole rings is 1. The summed E-state index contributed by atoms with van der Waals surface area (Å²) in [6.45, 7) is 0.185. The molecule has 4 rings (SSSR count). The first-order valence-electron chi connectivity index (χ1n) is 9.70. The molecule has 1 aromatic carbocycles. The van der Waals surface area contributed by atoms with E-state index in [4.69, 9.17) is 0 Å². The van der Waals surface area contributed by atoms with Gasteiger partial charge in [-0.25, -0.2) is 19.3 Å². The van der Waals surface area contributed by atoms with Crippen LogP contribution in [0.1, 0.15) is 41.1 Å². The zero-order valence-electron chi connectivity index (χ0n) is 16.6. The second kappa shape index (κ2) is 8.09. The van der Waals surface area contributed by atoms with Crippen molar-refractivity contribution in [1.29, 1.82) is 0 Å². The van der Waals surface area contributed by atoms with Crippen LogP contribution in [0.4, 0.5) is 17.6 Å². The van der Waals surface area contributed by atoms with Crippen molar-refractivity contribution >= 4 is 5.91 Å². The Balaban J connectivity index is 1.65. The van der Waals surface area contributed by atoms with Crippen LogP contribution in [0.5, 0.6) is 0 Å². The molecular weight excluding hydrogens is 414 g/mol. The van der Waals surface area contributed by atoms with E-state index in [1.165, 1.54) is 30.6 Å². The first-order valence-corrected chi connectivity index (χ1v) is 9.70. The number of halogens is 4. The molecule has 6 nitrogen and oxygen atoms in total. The number of carbonyl (C=O) groups excluding carboxylic acids is 1. The summed E-state index contributed by atoms with van der Waals surface area (Å²) in [6, 6.07) is 5.38. The van der Waals surface area contributed by atoms with Crippen LogP contribution >= 0.6 is 0 Å². The molecule has 0 bridgehead atoms. The van der Waals surface area contributed by atoms with Crippen LogP contribution < -0.4 is 0 Å². The lowest BCUT2D eigenvalue weighted by Crippen LogP contribution is -2.43. The molecule has 0 aliphatic heterocycles. The SMILES string of the molecule is Cn1cnc(C(=O)N(Cc2ccc(F)c(-c3ccnc(C(F)(F)F)n3)c2)C2CCC2)c1. The van der Waals surface area contributed by atoms with E-state index >= 15 is 0 Å². The number of hydrogen-bond acceptors (Lipinski definition) is 4. The van der Waals surface area contributed by atoms with Crippen LogP contribution in [-0.2, 0) is 19.8 Å². The molecule has 1 fully saturated rings. The fraction of sp³-hybridized carbons (Fsp3) is 0.333. The molecule has 1 aliphatic rings. The van der Waals surface area contributed by atoms with Crippen molar-refractivity contribution in [3.8, 4) is 11.3 Å². The fourth-order valence-electron chi connectivity index (χ4n) is 3.44. The van der Waals surface area contributed by atoms with Crippen molar-refractivity contribution in [3.05, 3.63) is 65.9 Å². The Hall–Kier alpha value is -3.30. The maximum absolute atomic E-state index is 14.4. The Morgan fingerprint density at radius 3 is 2.61 bits per heavy atom. The molecule has 2 heterocycles. The minimum absolute atomic E-state index is 0.0406. The highest BCUT2D eigenvalue weighted by Gasteiger charge is 2.35. The smallest absolute Gasteiger partial charge is 0.340 e. The Morgan fingerprint density at radius 2 is 2.00 bits per heavy atom. The standard InChI is InChI=1S/C21H19F4N5O/c1-29-11-18(27-12-29)19(31)30(14-3-2-4-14)10-13-5-6-16(22)15(9-13)17-7-8-26-20(28-17)21(23,24)25/h5-9,11-12,14H,2-4,10H2,1H3. The summed E-state index contributed by atoms with van der Waals surface area (Å²) in [5.41, 5.74) is 0.638. The van der Waals surface area contributed by atoms with Gasteiger partial charge in [0.1, 0.15) is 11.5 Å². The zero-order valence-corrected chi connectivity index (χ0v) is 16.6. The molecule has 10 heteroatoms. The lowest BCUT2D eigenvalue weighted by atomic mass is 9.90. The number of hydrogen-bond donors (Lipinski definition) is 0. The zero-order chi connectivity index (χ0) is 22.2. The van der Waals surface area contributed by atoms with Crippen LogP contribution in [0, 0.1) is 5.82 Å². The third-order valence-electron chi connectivity index (χ3n) is 5.27. The highest BCUT2D eigenvalue weighted by atomic mass is 19.4. The van der Waals surface area contributed by atoms with Crippen LogP contribution in [0.3, 0.4) is 0 Å². The number of aryl methyl sites for hydroxylation is 1. The molecule has 162 valence electrons. The van der Waals surface area contributed by atoms with E-state index in [1.807, 2.05) is 0 Å². The third-order valence-corrected chi connectivity index (χ3v) is 5.27. The molecule has 1 saturated carbocycles. The molecule has 1 aliphatic carbocycles. The summed E-state index contributed by atoms with van der Waals surface area (Å²) in [4.78, 5) is 25.5. The van der Waals surface area contributed by atoms with Gasteiger partial charge in [-0.1, -0.05) is 6.07 Å². The molecule has 0 N–H and O–H groups in total. The summed E-state index contributed by atoms with van der Waals surface area (Å²) in [7, 11) is 1.76. The molecule has 1 amide bonds. The normalized spacial score (nSPS) is 14.4. The number of amides is 1. The summed E-state index contributed by atoms with van der Waals surface area (Å²) >= 11 is 0. The van der Waals surface area contributed by atoms with Crippen LogP contribution in [0.25, 0.3) is 11.3 Å². The molecule has 0 radical (unpaired) electrons. The molecule has 0 atom stereocenters. The number of aromatic nitrogens is 4. The van der Waals surface area contributed by atoms with Gasteiger partial charge in [-0.3, -0.25) is 4.79 Å². The quantitative estimate of drug-likeness (QED) is 0.565. The van der Waals surface area contributed by atoms with Gasteiger partial charge in [0, 0.05) is 37.6 Å². The highest BCUT2D eigenvalue weighted by Crippen LogP contribution is 2.31. The number of benzene rings is 1. The van der Waals surface area contributed by atoms with E-state index in [1.54, 1.807) is 22.7 Å². The van der Waals surface area contributed by atoms with Crippen molar-refractivity contribution in [2.75, 3.05) is 0 Å². The fourth-order valence-corrected chi connectivity index (χ4v) is 3.44. The van der Waals surface area contributed by atoms with Gasteiger partial charge in [0.25, 0.3) is 5.91 Å². The van der Waals surface area contributed by atoms with E-state index in [-0.39, 0.29) is 29.8 Å². The maximum Gasteiger partial charge on any atom is 0.451 e. The predicted octanol–water partition coefficient (Wildman–Crippen LogP) is 4.23. The molecule has 0 saturated heterocycles. The Bertz CT molecular complexity index is 1110. The van der Waals surface area contributed by atoms with E-state index < -0.39 is 17.8 Å². The topological polar surface area (TPSA) is 63.9 Å². The lowest BCUT2D eigenvalue weighted by Gasteiger charge is -2.37. The summed E-state index contributed by atoms with van der Waals surface area (Å²) in [6.07, 6.45) is 2.09. The predicted molar refractivity (Wildman–Crippen MR) is 103 cm³/mol. The molecular formula is C21H19F4N5O. The molecule has 0 spiro atoms. The van der Waals surface area contributed by atoms with Gasteiger partial charge in [0.05, 0.1) is 12.0 Å². The van der Waals surface area contributed by atoms with Crippen molar-refractivity contribution < 1.29 is 22.4 Å². The Kier molecular flexibility index (Phi) is 5.47. The number of carbonyl (C=O) groups is 1. The minimum atomic E-state index is -4.74. The summed E-state index contributed by atoms with van der Waals surface area (Å²) < 4.78 is 55.0. The van der Waals surface area contributed by atoms with E-state index in [9.17, 15) is 22.4 Å². The van der Waals surface area contributed by atoms with Crippen LogP contribution in [0.2, 0.25) is 0 Å². The van der Waals surface area contributed by atoms with Crippen molar-refractivity contribution in [1.82, 2.24) is 24.4 Å². The van der Waals surface area contributed by atoms with Crippen LogP contribution in [0.15, 0.2) is 43.0 Å². The molecule has 31 heavy (non-hydrogen) atoms. The minimum Gasteiger partial charge on any atom is -0.340 e. The number of alkyl halides is 3. The second-order valence-corrected chi connectivity index (χ2v) is 7.52. The maximum atomic E-state index is 14.4. The summed E-state index contributed by atoms with van der Waals surface area (Å²) in [5.74, 6) is -2.28. The Morgan fingerprint density at radius 1 is 1.23 bits per heavy atom. The average molecular weight is 433 g/mol. The highest BCUT2D eigenvalue weighted by molar-refractivity contribution is 5.92. The van der Waals surface area contributed by atoms with Crippen molar-refractivity contribution in [3.63, 3.8) is 0 Å². The van der Waals surface area contributed by atoms with Crippen LogP contribution in [-0.4, -0.2) is 36.4 Å². The van der Waals surface area contributed by atoms with Gasteiger partial charge < -0.3 is 9.47 Å². The average Bonchev–Trinajstić information content (AvgIpc) is 3.12. The lowest BCUT2D eigenvalue weighted by molar-refractivity contribution is -0.144. The first kappa shape index (κ1) is 21.0. The number of nitrogens with zero attached hydrogens (tertiary/aromatic N) is 5. The molecule has 3 aromatic rings. The molecule has 2 aromatic heterocycles. The second-order valence-electron chi connectivity index (χ2n) is 7.52. The first-order chi connectivity index (χ1) is 14.7. The van der Waals surface area contributed by atoms with Gasteiger partial charge in [-0.05, 0) is 43.0 Å². The van der Waals surface area contributed by atoms with Gasteiger partial charge in [0.2, 0.25) is 5.82 Å². The van der Waals surface area contributed by atoms with E-state index in [2.05, 4.69) is 15.0 Å². The largest absolute Gasteiger partial charge is 0.451 e. The van der Waals surface area contributed by atoms with Gasteiger partial charge in [-0.2, -0.15) is 13.2 Å². The monoisotopic (exact) mass is 433 g/mol. The van der Waals surface area contributed by atoms with E-state index in [0.29, 0.717) is 11.3 Å². The van der Waals surface area contributed by atoms with Crippen molar-refractivity contribution in [2.24, 2.45) is 7.05 Å². The van der Waals surface area contributed by atoms with Crippen molar-refractivity contribution in [2.45, 2.75) is 38.0 Å². The van der Waals surface area contributed by atoms with Gasteiger partial charge in [-0.15, -0.1) is 0 Å². The number of rotatable bonds is 5. The van der Waals surface area contributed by atoms with Gasteiger partial charge >= 0.3 is 6.18 Å². The molecule has 0 unspecified atom stereocenters.